The molecule has 0 heterocycles. The van der Waals surface area contributed by atoms with Gasteiger partial charge in [0.05, 0.1) is 0 Å². The number of Topliss-reactive ketones (excluding diaryl/α,β-unsaturated/α-hetero) is 1. The number of ketones is 1. The third-order valence-electron chi connectivity index (χ3n) is 4.22. The second kappa shape index (κ2) is 5.88. The standard InChI is InChI=1S/C17H21NO3/c1-11(19)12-6-8-15(9-7-12)21-10-16(20)18-17(13-2-3-13)14-4-5-14/h6-9,13-14,17H,2-5,10H2,1H3,(H,18,20). The first-order valence-corrected chi connectivity index (χ1v) is 7.66. The molecular weight excluding hydrogens is 266 g/mol. The molecule has 2 fully saturated rings. The fraction of sp³-hybridized carbons (Fsp3) is 0.529. The number of amides is 1. The normalized spacial score (nSPS) is 17.6. The summed E-state index contributed by atoms with van der Waals surface area (Å²) in [5.74, 6) is 1.97. The van der Waals surface area contributed by atoms with E-state index in [1.807, 2.05) is 0 Å². The molecule has 1 N–H and O–H groups in total. The van der Waals surface area contributed by atoms with Crippen LogP contribution in [0, 0.1) is 11.8 Å². The minimum atomic E-state index is -0.0468. The van der Waals surface area contributed by atoms with Crippen LogP contribution in [0.3, 0.4) is 0 Å². The number of nitrogens with one attached hydrogen (secondary N) is 1. The fourth-order valence-corrected chi connectivity index (χ4v) is 2.69. The number of ether oxygens (including phenoxy) is 1. The lowest BCUT2D eigenvalue weighted by molar-refractivity contribution is -0.124. The predicted molar refractivity (Wildman–Crippen MR) is 79.3 cm³/mol. The van der Waals surface area contributed by atoms with Gasteiger partial charge in [0.1, 0.15) is 5.75 Å². The van der Waals surface area contributed by atoms with Gasteiger partial charge in [0.2, 0.25) is 0 Å². The third-order valence-corrected chi connectivity index (χ3v) is 4.22. The molecule has 0 aliphatic heterocycles. The molecule has 3 rings (SSSR count). The summed E-state index contributed by atoms with van der Waals surface area (Å²) in [6.07, 6.45) is 4.98. The van der Waals surface area contributed by atoms with Crippen LogP contribution in [0.15, 0.2) is 24.3 Å². The van der Waals surface area contributed by atoms with Gasteiger partial charge >= 0.3 is 0 Å². The van der Waals surface area contributed by atoms with Crippen LogP contribution in [0.1, 0.15) is 43.0 Å². The molecule has 0 unspecified atom stereocenters. The number of hydrogen-bond acceptors (Lipinski definition) is 3. The SMILES string of the molecule is CC(=O)c1ccc(OCC(=O)NC(C2CC2)C2CC2)cc1. The summed E-state index contributed by atoms with van der Waals surface area (Å²) in [5.41, 5.74) is 0.648. The van der Waals surface area contributed by atoms with Crippen molar-refractivity contribution in [3.8, 4) is 5.75 Å². The second-order valence-corrected chi connectivity index (χ2v) is 6.14. The van der Waals surface area contributed by atoms with Crippen molar-refractivity contribution in [3.05, 3.63) is 29.8 Å². The van der Waals surface area contributed by atoms with Crippen LogP contribution in [-0.2, 0) is 4.79 Å². The molecule has 2 saturated carbocycles. The van der Waals surface area contributed by atoms with Gasteiger partial charge in [-0.1, -0.05) is 0 Å². The molecule has 1 amide bonds. The van der Waals surface area contributed by atoms with Crippen molar-refractivity contribution >= 4 is 11.7 Å². The van der Waals surface area contributed by atoms with Crippen molar-refractivity contribution < 1.29 is 14.3 Å². The molecule has 0 bridgehead atoms. The van der Waals surface area contributed by atoms with Gasteiger partial charge in [-0.05, 0) is 68.7 Å². The summed E-state index contributed by atoms with van der Waals surface area (Å²) in [7, 11) is 0. The van der Waals surface area contributed by atoms with Crippen LogP contribution < -0.4 is 10.1 Å². The molecule has 0 spiro atoms. The van der Waals surface area contributed by atoms with Crippen LogP contribution >= 0.6 is 0 Å². The minimum Gasteiger partial charge on any atom is -0.484 e. The number of carbonyl (C=O) groups excluding carboxylic acids is 2. The third kappa shape index (κ3) is 3.84. The molecule has 2 aliphatic rings. The zero-order valence-corrected chi connectivity index (χ0v) is 12.3. The van der Waals surface area contributed by atoms with Crippen molar-refractivity contribution in [2.24, 2.45) is 11.8 Å². The maximum Gasteiger partial charge on any atom is 0.258 e. The van der Waals surface area contributed by atoms with E-state index in [2.05, 4.69) is 5.32 Å². The molecular formula is C17H21NO3. The number of hydrogen-bond donors (Lipinski definition) is 1. The van der Waals surface area contributed by atoms with Crippen LogP contribution in [0.25, 0.3) is 0 Å². The summed E-state index contributed by atoms with van der Waals surface area (Å²) in [5, 5.41) is 3.12. The van der Waals surface area contributed by atoms with Crippen molar-refractivity contribution in [2.45, 2.75) is 38.6 Å². The summed E-state index contributed by atoms with van der Waals surface area (Å²) in [6, 6.07) is 7.24. The van der Waals surface area contributed by atoms with E-state index >= 15 is 0 Å². The van der Waals surface area contributed by atoms with Crippen molar-refractivity contribution in [1.82, 2.24) is 5.32 Å². The van der Waals surface area contributed by atoms with Gasteiger partial charge < -0.3 is 10.1 Å². The Morgan fingerprint density at radius 2 is 1.71 bits per heavy atom. The number of rotatable bonds is 7. The molecule has 0 aromatic heterocycles. The molecule has 4 nitrogen and oxygen atoms in total. The molecule has 0 radical (unpaired) electrons. The molecule has 0 saturated heterocycles. The van der Waals surface area contributed by atoms with E-state index in [0.717, 1.165) is 0 Å². The molecule has 2 aliphatic carbocycles. The smallest absolute Gasteiger partial charge is 0.258 e. The Bertz CT molecular complexity index is 517. The van der Waals surface area contributed by atoms with Gasteiger partial charge in [-0.3, -0.25) is 9.59 Å². The number of benzene rings is 1. The molecule has 0 atom stereocenters. The van der Waals surface area contributed by atoms with E-state index < -0.39 is 0 Å². The maximum atomic E-state index is 12.0. The van der Waals surface area contributed by atoms with Crippen LogP contribution in [-0.4, -0.2) is 24.3 Å². The Morgan fingerprint density at radius 3 is 2.19 bits per heavy atom. The van der Waals surface area contributed by atoms with Gasteiger partial charge in [0.25, 0.3) is 5.91 Å². The lowest BCUT2D eigenvalue weighted by atomic mass is 10.1. The van der Waals surface area contributed by atoms with E-state index in [1.165, 1.54) is 32.6 Å². The first-order valence-electron chi connectivity index (χ1n) is 7.66. The van der Waals surface area contributed by atoms with Crippen molar-refractivity contribution in [2.75, 3.05) is 6.61 Å². The summed E-state index contributed by atoms with van der Waals surface area (Å²) in [4.78, 5) is 23.2. The molecule has 4 heteroatoms. The lowest BCUT2D eigenvalue weighted by Crippen LogP contribution is -2.40. The molecule has 21 heavy (non-hydrogen) atoms. The van der Waals surface area contributed by atoms with Crippen LogP contribution in [0.2, 0.25) is 0 Å². The molecule has 1 aromatic carbocycles. The van der Waals surface area contributed by atoms with Gasteiger partial charge in [0.15, 0.2) is 12.4 Å². The Hall–Kier alpha value is -1.84. The van der Waals surface area contributed by atoms with E-state index in [1.54, 1.807) is 24.3 Å². The average Bonchev–Trinajstić information content (AvgIpc) is 3.36. The highest BCUT2D eigenvalue weighted by Gasteiger charge is 2.42. The van der Waals surface area contributed by atoms with Gasteiger partial charge in [0, 0.05) is 11.6 Å². The zero-order valence-electron chi connectivity index (χ0n) is 12.3. The Kier molecular flexibility index (Phi) is 3.95. The van der Waals surface area contributed by atoms with Gasteiger partial charge in [-0.15, -0.1) is 0 Å². The quantitative estimate of drug-likeness (QED) is 0.784. The number of carbonyl (C=O) groups is 2. The summed E-state index contributed by atoms with van der Waals surface area (Å²) in [6.45, 7) is 1.56. The first kappa shape index (κ1) is 14.1. The van der Waals surface area contributed by atoms with Crippen LogP contribution in [0.5, 0.6) is 5.75 Å². The fourth-order valence-electron chi connectivity index (χ4n) is 2.69. The van der Waals surface area contributed by atoms with Crippen molar-refractivity contribution in [1.29, 1.82) is 0 Å². The van der Waals surface area contributed by atoms with E-state index in [9.17, 15) is 9.59 Å². The second-order valence-electron chi connectivity index (χ2n) is 6.14. The Balaban J connectivity index is 1.47. The van der Waals surface area contributed by atoms with E-state index in [-0.39, 0.29) is 18.3 Å². The Labute approximate surface area is 124 Å². The lowest BCUT2D eigenvalue weighted by Gasteiger charge is -2.17. The highest BCUT2D eigenvalue weighted by molar-refractivity contribution is 5.94. The molecule has 1 aromatic rings. The summed E-state index contributed by atoms with van der Waals surface area (Å²) < 4.78 is 5.48. The topological polar surface area (TPSA) is 55.4 Å². The minimum absolute atomic E-state index is 0.0241. The van der Waals surface area contributed by atoms with E-state index in [0.29, 0.717) is 29.2 Å². The monoisotopic (exact) mass is 287 g/mol. The zero-order chi connectivity index (χ0) is 14.8. The largest absolute Gasteiger partial charge is 0.484 e. The predicted octanol–water partition coefficient (Wildman–Crippen LogP) is 2.57. The first-order chi connectivity index (χ1) is 10.1. The average molecular weight is 287 g/mol. The maximum absolute atomic E-state index is 12.0. The highest BCUT2D eigenvalue weighted by atomic mass is 16.5. The van der Waals surface area contributed by atoms with Crippen LogP contribution in [0.4, 0.5) is 0 Å². The highest BCUT2D eigenvalue weighted by Crippen LogP contribution is 2.44. The Morgan fingerprint density at radius 1 is 1.14 bits per heavy atom. The van der Waals surface area contributed by atoms with Gasteiger partial charge in [-0.25, -0.2) is 0 Å². The summed E-state index contributed by atoms with van der Waals surface area (Å²) >= 11 is 0. The molecule has 112 valence electrons. The van der Waals surface area contributed by atoms with Gasteiger partial charge in [-0.2, -0.15) is 0 Å². The van der Waals surface area contributed by atoms with Crippen molar-refractivity contribution in [3.63, 3.8) is 0 Å². The van der Waals surface area contributed by atoms with E-state index in [4.69, 9.17) is 4.74 Å².